The fourth-order valence-electron chi connectivity index (χ4n) is 2.93. The SMILES string of the molecule is CC(C)(C)OC(=O)N1CC2(C(F)F)CC1(C(=O)O)C2. The second-order valence-corrected chi connectivity index (χ2v) is 6.42. The Balaban J connectivity index is 2.22. The van der Waals surface area contributed by atoms with Crippen molar-refractivity contribution in [3.8, 4) is 0 Å². The van der Waals surface area contributed by atoms with Gasteiger partial charge >= 0.3 is 12.1 Å². The van der Waals surface area contributed by atoms with Crippen molar-refractivity contribution >= 4 is 12.1 Å². The summed E-state index contributed by atoms with van der Waals surface area (Å²) in [5, 5.41) is 9.23. The highest BCUT2D eigenvalue weighted by molar-refractivity contribution is 5.87. The molecule has 108 valence electrons. The van der Waals surface area contributed by atoms with Crippen molar-refractivity contribution in [3.63, 3.8) is 0 Å². The molecule has 3 aliphatic rings. The lowest BCUT2D eigenvalue weighted by Crippen LogP contribution is -2.58. The summed E-state index contributed by atoms with van der Waals surface area (Å²) in [5.74, 6) is -1.24. The van der Waals surface area contributed by atoms with Gasteiger partial charge < -0.3 is 9.84 Å². The number of halogens is 2. The molecule has 2 aliphatic heterocycles. The average Bonchev–Trinajstić information content (AvgIpc) is 2.64. The maximum atomic E-state index is 13.0. The van der Waals surface area contributed by atoms with Crippen LogP contribution in [0.25, 0.3) is 0 Å². The second kappa shape index (κ2) is 3.80. The molecule has 0 aromatic rings. The van der Waals surface area contributed by atoms with Crippen LogP contribution in [0.1, 0.15) is 33.6 Å². The molecule has 3 fully saturated rings. The number of rotatable bonds is 2. The molecule has 19 heavy (non-hydrogen) atoms. The zero-order chi connectivity index (χ0) is 14.6. The minimum Gasteiger partial charge on any atom is -0.479 e. The Morgan fingerprint density at radius 2 is 1.84 bits per heavy atom. The molecule has 5 nitrogen and oxygen atoms in total. The predicted molar refractivity (Wildman–Crippen MR) is 61.0 cm³/mol. The van der Waals surface area contributed by atoms with Gasteiger partial charge in [-0.1, -0.05) is 0 Å². The van der Waals surface area contributed by atoms with Gasteiger partial charge in [0.25, 0.3) is 0 Å². The first-order valence-corrected chi connectivity index (χ1v) is 6.05. The zero-order valence-electron chi connectivity index (χ0n) is 11.1. The molecule has 3 rings (SSSR count). The van der Waals surface area contributed by atoms with Crippen molar-refractivity contribution in [1.82, 2.24) is 4.90 Å². The Labute approximate surface area is 109 Å². The van der Waals surface area contributed by atoms with Crippen LogP contribution < -0.4 is 0 Å². The molecule has 2 heterocycles. The number of carboxylic acid groups (broad SMARTS) is 1. The van der Waals surface area contributed by atoms with E-state index in [9.17, 15) is 23.5 Å². The van der Waals surface area contributed by atoms with Gasteiger partial charge in [-0.05, 0) is 33.6 Å². The van der Waals surface area contributed by atoms with E-state index in [1.54, 1.807) is 20.8 Å². The van der Waals surface area contributed by atoms with Crippen molar-refractivity contribution in [3.05, 3.63) is 0 Å². The number of fused-ring (bicyclic) bond motifs is 1. The van der Waals surface area contributed by atoms with E-state index in [4.69, 9.17) is 4.74 Å². The maximum Gasteiger partial charge on any atom is 0.411 e. The van der Waals surface area contributed by atoms with E-state index in [1.165, 1.54) is 0 Å². The van der Waals surface area contributed by atoms with Crippen molar-refractivity contribution in [1.29, 1.82) is 0 Å². The largest absolute Gasteiger partial charge is 0.479 e. The lowest BCUT2D eigenvalue weighted by atomic mass is 9.62. The van der Waals surface area contributed by atoms with Gasteiger partial charge in [0.1, 0.15) is 11.1 Å². The highest BCUT2D eigenvalue weighted by Crippen LogP contribution is 2.62. The fraction of sp³-hybridized carbons (Fsp3) is 0.833. The van der Waals surface area contributed by atoms with Crippen LogP contribution >= 0.6 is 0 Å². The van der Waals surface area contributed by atoms with Gasteiger partial charge in [0.15, 0.2) is 0 Å². The number of aliphatic carboxylic acids is 1. The molecule has 1 aliphatic carbocycles. The first kappa shape index (κ1) is 14.0. The van der Waals surface area contributed by atoms with E-state index in [-0.39, 0.29) is 19.4 Å². The molecular weight excluding hydrogens is 260 g/mol. The minimum atomic E-state index is -2.63. The molecule has 0 radical (unpaired) electrons. The summed E-state index contributed by atoms with van der Waals surface area (Å²) in [6.45, 7) is 4.66. The van der Waals surface area contributed by atoms with Crippen LogP contribution in [0.3, 0.4) is 0 Å². The summed E-state index contributed by atoms with van der Waals surface area (Å²) in [5.41, 5.74) is -3.68. The number of nitrogens with zero attached hydrogens (tertiary/aromatic N) is 1. The number of hydrogen-bond donors (Lipinski definition) is 1. The molecular formula is C12H17F2NO4. The van der Waals surface area contributed by atoms with E-state index >= 15 is 0 Å². The number of amides is 1. The second-order valence-electron chi connectivity index (χ2n) is 6.42. The van der Waals surface area contributed by atoms with Crippen molar-refractivity contribution in [2.24, 2.45) is 5.41 Å². The Morgan fingerprint density at radius 1 is 1.32 bits per heavy atom. The molecule has 7 heteroatoms. The summed E-state index contributed by atoms with van der Waals surface area (Å²) in [6.07, 6.45) is -3.87. The summed E-state index contributed by atoms with van der Waals surface area (Å²) in [4.78, 5) is 24.2. The molecule has 1 amide bonds. The monoisotopic (exact) mass is 277 g/mol. The molecule has 2 saturated heterocycles. The van der Waals surface area contributed by atoms with Gasteiger partial charge in [0, 0.05) is 6.54 Å². The molecule has 2 bridgehead atoms. The summed E-state index contributed by atoms with van der Waals surface area (Å²) >= 11 is 0. The van der Waals surface area contributed by atoms with E-state index < -0.39 is 35.0 Å². The van der Waals surface area contributed by atoms with Crippen LogP contribution in [0.2, 0.25) is 0 Å². The van der Waals surface area contributed by atoms with E-state index in [0.29, 0.717) is 0 Å². The average molecular weight is 277 g/mol. The van der Waals surface area contributed by atoms with Gasteiger partial charge in [-0.25, -0.2) is 18.4 Å². The van der Waals surface area contributed by atoms with Gasteiger partial charge in [0.2, 0.25) is 6.43 Å². The number of ether oxygens (including phenoxy) is 1. The number of hydrogen-bond acceptors (Lipinski definition) is 3. The van der Waals surface area contributed by atoms with Crippen molar-refractivity contribution in [2.45, 2.75) is 51.2 Å². The third kappa shape index (κ3) is 1.95. The van der Waals surface area contributed by atoms with Crippen LogP contribution in [-0.4, -0.2) is 46.2 Å². The Hall–Kier alpha value is -1.40. The highest BCUT2D eigenvalue weighted by Gasteiger charge is 2.74. The molecule has 1 N–H and O–H groups in total. The van der Waals surface area contributed by atoms with E-state index in [0.717, 1.165) is 4.90 Å². The zero-order valence-corrected chi connectivity index (χ0v) is 11.1. The molecule has 0 aromatic heterocycles. The molecule has 1 saturated carbocycles. The van der Waals surface area contributed by atoms with E-state index in [1.807, 2.05) is 0 Å². The molecule has 0 unspecified atom stereocenters. The highest BCUT2D eigenvalue weighted by atomic mass is 19.3. The fourth-order valence-corrected chi connectivity index (χ4v) is 2.93. The van der Waals surface area contributed by atoms with Crippen LogP contribution in [0.4, 0.5) is 13.6 Å². The topological polar surface area (TPSA) is 66.8 Å². The van der Waals surface area contributed by atoms with Gasteiger partial charge in [-0.2, -0.15) is 0 Å². The molecule has 0 aromatic carbocycles. The molecule has 0 spiro atoms. The number of carboxylic acids is 1. The van der Waals surface area contributed by atoms with Crippen LogP contribution in [0.5, 0.6) is 0 Å². The van der Waals surface area contributed by atoms with Crippen molar-refractivity contribution in [2.75, 3.05) is 6.54 Å². The van der Waals surface area contributed by atoms with Gasteiger partial charge in [0.05, 0.1) is 5.41 Å². The smallest absolute Gasteiger partial charge is 0.411 e. The standard InChI is InChI=1S/C12H17F2NO4/c1-10(2,3)19-9(18)15-6-11(7(13)14)4-12(15,5-11)8(16)17/h7H,4-6H2,1-3H3,(H,16,17). The third-order valence-corrected chi connectivity index (χ3v) is 3.75. The maximum absolute atomic E-state index is 13.0. The van der Waals surface area contributed by atoms with Gasteiger partial charge in [-0.3, -0.25) is 4.90 Å². The van der Waals surface area contributed by atoms with Crippen molar-refractivity contribution < 1.29 is 28.2 Å². The van der Waals surface area contributed by atoms with Crippen LogP contribution in [0, 0.1) is 5.41 Å². The first-order valence-electron chi connectivity index (χ1n) is 6.05. The Morgan fingerprint density at radius 3 is 2.21 bits per heavy atom. The Bertz CT molecular complexity index is 424. The summed E-state index contributed by atoms with van der Waals surface area (Å²) in [7, 11) is 0. The van der Waals surface area contributed by atoms with Crippen LogP contribution in [-0.2, 0) is 9.53 Å². The first-order chi connectivity index (χ1) is 8.52. The lowest BCUT2D eigenvalue weighted by Gasteiger charge is -2.43. The summed E-state index contributed by atoms with van der Waals surface area (Å²) in [6, 6.07) is 0. The number of carbonyl (C=O) groups excluding carboxylic acids is 1. The molecule has 0 atom stereocenters. The normalized spacial score (nSPS) is 33.3. The van der Waals surface area contributed by atoms with Crippen LogP contribution in [0.15, 0.2) is 0 Å². The lowest BCUT2D eigenvalue weighted by molar-refractivity contribution is -0.158. The quantitative estimate of drug-likeness (QED) is 0.839. The Kier molecular flexibility index (Phi) is 2.80. The predicted octanol–water partition coefficient (Wildman–Crippen LogP) is 2.11. The summed E-state index contributed by atoms with van der Waals surface area (Å²) < 4.78 is 31.1. The minimum absolute atomic E-state index is 0.202. The number of alkyl halides is 2. The van der Waals surface area contributed by atoms with E-state index in [2.05, 4.69) is 0 Å². The van der Waals surface area contributed by atoms with Gasteiger partial charge in [-0.15, -0.1) is 0 Å². The number of carbonyl (C=O) groups is 2. The third-order valence-electron chi connectivity index (χ3n) is 3.75.